The predicted octanol–water partition coefficient (Wildman–Crippen LogP) is 2.42. The van der Waals surface area contributed by atoms with E-state index in [1.165, 1.54) is 6.42 Å². The molecule has 0 saturated carbocycles. The van der Waals surface area contributed by atoms with Crippen LogP contribution in [0.15, 0.2) is 24.3 Å². The minimum atomic E-state index is -0.0907. The van der Waals surface area contributed by atoms with E-state index in [2.05, 4.69) is 24.5 Å². The summed E-state index contributed by atoms with van der Waals surface area (Å²) in [7, 11) is 1.62. The minimum Gasteiger partial charge on any atom is -0.355 e. The molecule has 5 nitrogen and oxygen atoms in total. The normalized spacial score (nSPS) is 20.9. The summed E-state index contributed by atoms with van der Waals surface area (Å²) < 4.78 is 0. The number of nitrogens with zero attached hydrogens (tertiary/aromatic N) is 1. The molecule has 1 saturated heterocycles. The average molecular weight is 317 g/mol. The van der Waals surface area contributed by atoms with E-state index in [0.717, 1.165) is 18.5 Å². The van der Waals surface area contributed by atoms with Gasteiger partial charge in [-0.2, -0.15) is 0 Å². The molecular formula is C18H27N3O2. The third-order valence-electron chi connectivity index (χ3n) is 4.48. The van der Waals surface area contributed by atoms with Crippen molar-refractivity contribution in [2.24, 2.45) is 5.92 Å². The van der Waals surface area contributed by atoms with Crippen molar-refractivity contribution in [3.05, 3.63) is 35.4 Å². The van der Waals surface area contributed by atoms with Crippen LogP contribution in [-0.4, -0.2) is 43.0 Å². The first-order chi connectivity index (χ1) is 11.0. The molecule has 5 heteroatoms. The number of urea groups is 1. The number of benzene rings is 1. The number of carbonyl (C=O) groups excluding carboxylic acids is 2. The lowest BCUT2D eigenvalue weighted by atomic mass is 9.95. The predicted molar refractivity (Wildman–Crippen MR) is 91.5 cm³/mol. The van der Waals surface area contributed by atoms with Gasteiger partial charge in [-0.3, -0.25) is 4.79 Å². The van der Waals surface area contributed by atoms with Gasteiger partial charge in [-0.15, -0.1) is 0 Å². The van der Waals surface area contributed by atoms with Gasteiger partial charge < -0.3 is 15.5 Å². The molecule has 1 aliphatic heterocycles. The topological polar surface area (TPSA) is 61.4 Å². The molecule has 1 aromatic rings. The van der Waals surface area contributed by atoms with Crippen molar-refractivity contribution in [2.45, 2.75) is 39.2 Å². The number of amides is 3. The van der Waals surface area contributed by atoms with Crippen LogP contribution in [0.1, 0.15) is 42.6 Å². The van der Waals surface area contributed by atoms with E-state index in [4.69, 9.17) is 0 Å². The maximum absolute atomic E-state index is 12.3. The standard InChI is InChI=1S/C18H27N3O2/c1-13-7-8-14(2)21(12-13)18(23)20-10-9-15-5-4-6-16(11-15)17(22)19-3/h4-6,11,13-14H,7-10,12H2,1-3H3,(H,19,22)(H,20,23)/t13-,14-/m1/s1. The van der Waals surface area contributed by atoms with Gasteiger partial charge in [-0.05, 0) is 49.8 Å². The Kier molecular flexibility index (Phi) is 6.02. The highest BCUT2D eigenvalue weighted by Gasteiger charge is 2.26. The molecule has 2 rings (SSSR count). The summed E-state index contributed by atoms with van der Waals surface area (Å²) >= 11 is 0. The molecule has 0 aliphatic carbocycles. The second kappa shape index (κ2) is 7.99. The Morgan fingerprint density at radius 2 is 2.04 bits per heavy atom. The van der Waals surface area contributed by atoms with Crippen molar-refractivity contribution >= 4 is 11.9 Å². The van der Waals surface area contributed by atoms with Crippen LogP contribution in [0, 0.1) is 5.92 Å². The lowest BCUT2D eigenvalue weighted by molar-refractivity contribution is 0.0963. The monoisotopic (exact) mass is 317 g/mol. The number of likely N-dealkylation sites (tertiary alicyclic amines) is 1. The first-order valence-corrected chi connectivity index (χ1v) is 8.36. The van der Waals surface area contributed by atoms with Gasteiger partial charge in [0.1, 0.15) is 0 Å². The SMILES string of the molecule is CNC(=O)c1cccc(CCNC(=O)N2C[C@H](C)CC[C@H]2C)c1. The molecule has 23 heavy (non-hydrogen) atoms. The molecule has 1 fully saturated rings. The first kappa shape index (κ1) is 17.3. The van der Waals surface area contributed by atoms with Gasteiger partial charge in [0.05, 0.1) is 0 Å². The highest BCUT2D eigenvalue weighted by atomic mass is 16.2. The van der Waals surface area contributed by atoms with E-state index >= 15 is 0 Å². The maximum Gasteiger partial charge on any atom is 0.317 e. The molecule has 2 atom stereocenters. The molecule has 0 spiro atoms. The molecule has 0 bridgehead atoms. The van der Waals surface area contributed by atoms with E-state index in [9.17, 15) is 9.59 Å². The summed E-state index contributed by atoms with van der Waals surface area (Å²) in [5.74, 6) is 0.480. The Hall–Kier alpha value is -2.04. The van der Waals surface area contributed by atoms with Crippen molar-refractivity contribution in [2.75, 3.05) is 20.1 Å². The number of hydrogen-bond acceptors (Lipinski definition) is 2. The van der Waals surface area contributed by atoms with E-state index < -0.39 is 0 Å². The highest BCUT2D eigenvalue weighted by Crippen LogP contribution is 2.21. The summed E-state index contributed by atoms with van der Waals surface area (Å²) in [6.07, 6.45) is 2.98. The molecule has 2 N–H and O–H groups in total. The fraction of sp³-hybridized carbons (Fsp3) is 0.556. The Morgan fingerprint density at radius 3 is 2.78 bits per heavy atom. The number of hydrogen-bond donors (Lipinski definition) is 2. The summed E-state index contributed by atoms with van der Waals surface area (Å²) in [6, 6.07) is 7.84. The molecule has 0 radical (unpaired) electrons. The zero-order chi connectivity index (χ0) is 16.8. The fourth-order valence-electron chi connectivity index (χ4n) is 3.00. The minimum absolute atomic E-state index is 0.0199. The van der Waals surface area contributed by atoms with E-state index in [-0.39, 0.29) is 11.9 Å². The van der Waals surface area contributed by atoms with E-state index in [1.807, 2.05) is 23.1 Å². The van der Waals surface area contributed by atoms with Gasteiger partial charge >= 0.3 is 6.03 Å². The molecule has 126 valence electrons. The lowest BCUT2D eigenvalue weighted by Gasteiger charge is -2.36. The quantitative estimate of drug-likeness (QED) is 0.896. The number of nitrogens with one attached hydrogen (secondary N) is 2. The largest absolute Gasteiger partial charge is 0.355 e. The molecule has 3 amide bonds. The van der Waals surface area contributed by atoms with Crippen molar-refractivity contribution in [3.8, 4) is 0 Å². The summed E-state index contributed by atoms with van der Waals surface area (Å²) in [5, 5.41) is 5.62. The number of piperidine rings is 1. The second-order valence-electron chi connectivity index (χ2n) is 6.45. The molecule has 0 aromatic heterocycles. The van der Waals surface area contributed by atoms with Crippen molar-refractivity contribution in [1.82, 2.24) is 15.5 Å². The summed E-state index contributed by atoms with van der Waals surface area (Å²) in [5.41, 5.74) is 1.70. The zero-order valence-electron chi connectivity index (χ0n) is 14.3. The fourth-order valence-corrected chi connectivity index (χ4v) is 3.00. The Bertz CT molecular complexity index is 559. The number of carbonyl (C=O) groups is 2. The maximum atomic E-state index is 12.3. The highest BCUT2D eigenvalue weighted by molar-refractivity contribution is 5.94. The van der Waals surface area contributed by atoms with Crippen molar-refractivity contribution < 1.29 is 9.59 Å². The van der Waals surface area contributed by atoms with Crippen LogP contribution in [-0.2, 0) is 6.42 Å². The third-order valence-corrected chi connectivity index (χ3v) is 4.48. The van der Waals surface area contributed by atoms with Gasteiger partial charge in [-0.1, -0.05) is 19.1 Å². The Morgan fingerprint density at radius 1 is 1.26 bits per heavy atom. The number of rotatable bonds is 4. The van der Waals surface area contributed by atoms with Crippen LogP contribution in [0.5, 0.6) is 0 Å². The van der Waals surface area contributed by atoms with Gasteiger partial charge in [-0.25, -0.2) is 4.79 Å². The van der Waals surface area contributed by atoms with Crippen molar-refractivity contribution in [1.29, 1.82) is 0 Å². The Labute approximate surface area is 138 Å². The van der Waals surface area contributed by atoms with Crippen LogP contribution in [0.4, 0.5) is 4.79 Å². The van der Waals surface area contributed by atoms with Gasteiger partial charge in [0, 0.05) is 31.7 Å². The molecule has 0 unspecified atom stereocenters. The summed E-state index contributed by atoms with van der Waals surface area (Å²) in [4.78, 5) is 25.9. The third kappa shape index (κ3) is 4.71. The van der Waals surface area contributed by atoms with E-state index in [0.29, 0.717) is 30.5 Å². The average Bonchev–Trinajstić information content (AvgIpc) is 2.56. The van der Waals surface area contributed by atoms with Crippen LogP contribution in [0.25, 0.3) is 0 Å². The molecule has 1 aromatic carbocycles. The molecule has 1 heterocycles. The van der Waals surface area contributed by atoms with E-state index in [1.54, 1.807) is 13.1 Å². The van der Waals surface area contributed by atoms with Gasteiger partial charge in [0.15, 0.2) is 0 Å². The zero-order valence-corrected chi connectivity index (χ0v) is 14.3. The van der Waals surface area contributed by atoms with Gasteiger partial charge in [0.25, 0.3) is 5.91 Å². The lowest BCUT2D eigenvalue weighted by Crippen LogP contribution is -2.49. The van der Waals surface area contributed by atoms with Crippen molar-refractivity contribution in [3.63, 3.8) is 0 Å². The van der Waals surface area contributed by atoms with Crippen LogP contribution < -0.4 is 10.6 Å². The first-order valence-electron chi connectivity index (χ1n) is 8.36. The summed E-state index contributed by atoms with van der Waals surface area (Å²) in [6.45, 7) is 5.71. The van der Waals surface area contributed by atoms with Crippen LogP contribution in [0.3, 0.4) is 0 Å². The van der Waals surface area contributed by atoms with Gasteiger partial charge in [0.2, 0.25) is 0 Å². The van der Waals surface area contributed by atoms with Crippen LogP contribution >= 0.6 is 0 Å². The second-order valence-corrected chi connectivity index (χ2v) is 6.45. The smallest absolute Gasteiger partial charge is 0.317 e. The van der Waals surface area contributed by atoms with Crippen LogP contribution in [0.2, 0.25) is 0 Å². The Balaban J connectivity index is 1.84. The molecule has 1 aliphatic rings. The molecular weight excluding hydrogens is 290 g/mol.